The molecular weight excluding hydrogens is 604 g/mol. The highest BCUT2D eigenvalue weighted by Gasteiger charge is 2.62. The van der Waals surface area contributed by atoms with Crippen molar-refractivity contribution in [3.05, 3.63) is 36.4 Å². The minimum Gasteiger partial charge on any atom is -0.472 e. The average Bonchev–Trinajstić information content (AvgIpc) is 3.59. The summed E-state index contributed by atoms with van der Waals surface area (Å²) >= 11 is 0. The smallest absolute Gasteiger partial charge is 0.407 e. The van der Waals surface area contributed by atoms with Crippen LogP contribution in [0.3, 0.4) is 0 Å². The lowest BCUT2D eigenvalue weighted by Gasteiger charge is -2.31. The summed E-state index contributed by atoms with van der Waals surface area (Å²) in [5, 5.41) is 6.36. The summed E-state index contributed by atoms with van der Waals surface area (Å²) in [5.41, 5.74) is 0.566. The van der Waals surface area contributed by atoms with Gasteiger partial charge >= 0.3 is 12.1 Å². The summed E-state index contributed by atoms with van der Waals surface area (Å²) in [4.78, 5) is 66.6. The van der Waals surface area contributed by atoms with Crippen LogP contribution in [0.2, 0.25) is 0 Å². The van der Waals surface area contributed by atoms with E-state index in [4.69, 9.17) is 24.2 Å². The Morgan fingerprint density at radius 2 is 2.02 bits per heavy atom. The number of nitrogens with one attached hydrogen (secondary N) is 2. The maximum atomic E-state index is 14.2. The molecule has 1 saturated carbocycles. The fourth-order valence-electron chi connectivity index (χ4n) is 6.31. The van der Waals surface area contributed by atoms with E-state index in [1.807, 2.05) is 46.1 Å². The van der Waals surface area contributed by atoms with Crippen molar-refractivity contribution < 1.29 is 33.4 Å². The normalized spacial score (nSPS) is 26.5. The van der Waals surface area contributed by atoms with Crippen molar-refractivity contribution in [3.8, 4) is 5.88 Å². The quantitative estimate of drug-likeness (QED) is 0.338. The summed E-state index contributed by atoms with van der Waals surface area (Å²) in [6, 6.07) is 4.06. The molecule has 3 aliphatic rings. The Morgan fingerprint density at radius 3 is 2.70 bits per heavy atom. The van der Waals surface area contributed by atoms with Crippen molar-refractivity contribution in [2.24, 2.45) is 11.8 Å². The highest BCUT2D eigenvalue weighted by Crippen LogP contribution is 2.46. The molecule has 2 fully saturated rings. The van der Waals surface area contributed by atoms with Crippen molar-refractivity contribution in [2.45, 2.75) is 83.0 Å². The number of alkyl carbamates (subject to hydrolysis) is 1. The SMILES string of the molecule is C=CC1C[C@]1(NC(=O)[C@@H]1C[C@@H]2CN1C(=O)[C@H](C(C)C)NC(=O)OCCCCCc1ccc3nc(N(C)C)nc(c3c1)O2)C(=O)OCC. The lowest BCUT2D eigenvalue weighted by atomic mass is 10.0. The number of aryl methyl sites for hydroxylation is 1. The number of benzene rings is 1. The molecule has 0 spiro atoms. The minimum atomic E-state index is -1.24. The van der Waals surface area contributed by atoms with Crippen molar-refractivity contribution in [3.63, 3.8) is 0 Å². The van der Waals surface area contributed by atoms with E-state index in [0.29, 0.717) is 30.2 Å². The fraction of sp³-hybridized carbons (Fsp3) is 0.588. The number of hydrogen-bond donors (Lipinski definition) is 2. The number of aromatic nitrogens is 2. The van der Waals surface area contributed by atoms with Gasteiger partial charge in [0.05, 0.1) is 30.7 Å². The summed E-state index contributed by atoms with van der Waals surface area (Å²) in [5.74, 6) is -1.28. The Balaban J connectivity index is 1.52. The standard InChI is InChI=1S/C34H46N6O7/c1-7-22-18-34(22,31(43)45-8-2)38-28(41)26-17-23-19-40(26)30(42)27(20(3)4)36-33(44)46-15-11-9-10-12-21-13-14-25-24(16-21)29(47-23)37-32(35-25)39(5)6/h7,13-14,16,20,22-23,26-27H,1,8-12,15,17-19H2,2-6H3,(H,36,44)(H,38,41)/t22?,23-,26+,27+,34-/m1/s1. The summed E-state index contributed by atoms with van der Waals surface area (Å²) in [6.45, 7) is 9.57. The van der Waals surface area contributed by atoms with Gasteiger partial charge in [-0.05, 0) is 62.6 Å². The topological polar surface area (TPSA) is 152 Å². The van der Waals surface area contributed by atoms with E-state index >= 15 is 0 Å². The number of anilines is 1. The molecule has 3 heterocycles. The van der Waals surface area contributed by atoms with E-state index in [0.717, 1.165) is 30.2 Å². The van der Waals surface area contributed by atoms with Crippen LogP contribution in [0.5, 0.6) is 5.88 Å². The molecule has 2 aliphatic heterocycles. The highest BCUT2D eigenvalue weighted by atomic mass is 16.5. The first kappa shape index (κ1) is 33.9. The third-order valence-electron chi connectivity index (χ3n) is 9.07. The van der Waals surface area contributed by atoms with Gasteiger partial charge in [0, 0.05) is 26.4 Å². The number of amides is 3. The van der Waals surface area contributed by atoms with Crippen LogP contribution in [-0.4, -0.2) is 96.3 Å². The zero-order chi connectivity index (χ0) is 33.9. The lowest BCUT2D eigenvalue weighted by Crippen LogP contribution is -2.57. The highest BCUT2D eigenvalue weighted by molar-refractivity contribution is 5.96. The third-order valence-corrected chi connectivity index (χ3v) is 9.07. The van der Waals surface area contributed by atoms with Crippen LogP contribution in [0.15, 0.2) is 30.9 Å². The second-order valence-corrected chi connectivity index (χ2v) is 13.1. The van der Waals surface area contributed by atoms with Gasteiger partial charge in [-0.25, -0.2) is 14.6 Å². The van der Waals surface area contributed by atoms with Gasteiger partial charge in [-0.3, -0.25) is 9.59 Å². The zero-order valence-corrected chi connectivity index (χ0v) is 27.9. The molecule has 13 heteroatoms. The number of hydrogen-bond acceptors (Lipinski definition) is 10. The number of ether oxygens (including phenoxy) is 3. The van der Waals surface area contributed by atoms with Crippen molar-refractivity contribution >= 4 is 40.7 Å². The predicted molar refractivity (Wildman–Crippen MR) is 175 cm³/mol. The van der Waals surface area contributed by atoms with Crippen molar-refractivity contribution in [1.82, 2.24) is 25.5 Å². The van der Waals surface area contributed by atoms with Crippen LogP contribution in [0, 0.1) is 11.8 Å². The van der Waals surface area contributed by atoms with Gasteiger partial charge in [-0.15, -0.1) is 6.58 Å². The van der Waals surface area contributed by atoms with E-state index in [1.165, 1.54) is 4.90 Å². The average molecular weight is 651 g/mol. The number of carbonyl (C=O) groups excluding carboxylic acids is 4. The number of rotatable bonds is 7. The molecule has 254 valence electrons. The molecule has 1 aliphatic carbocycles. The third kappa shape index (κ3) is 7.28. The Bertz CT molecular complexity index is 1530. The first-order chi connectivity index (χ1) is 22.5. The second-order valence-electron chi connectivity index (χ2n) is 13.1. The Morgan fingerprint density at radius 1 is 1.23 bits per heavy atom. The van der Waals surface area contributed by atoms with Gasteiger partial charge in [0.2, 0.25) is 23.6 Å². The molecule has 0 radical (unpaired) electrons. The van der Waals surface area contributed by atoms with E-state index in [2.05, 4.69) is 17.2 Å². The predicted octanol–water partition coefficient (Wildman–Crippen LogP) is 3.15. The first-order valence-electron chi connectivity index (χ1n) is 16.5. The van der Waals surface area contributed by atoms with Crippen molar-refractivity contribution in [1.29, 1.82) is 0 Å². The Hall–Kier alpha value is -4.42. The van der Waals surface area contributed by atoms with E-state index in [9.17, 15) is 19.2 Å². The fourth-order valence-corrected chi connectivity index (χ4v) is 6.31. The van der Waals surface area contributed by atoms with E-state index in [1.54, 1.807) is 17.9 Å². The summed E-state index contributed by atoms with van der Waals surface area (Å²) in [7, 11) is 3.69. The Labute approximate surface area is 275 Å². The number of cyclic esters (lactones) is 1. The van der Waals surface area contributed by atoms with Gasteiger partial charge in [0.25, 0.3) is 0 Å². The minimum absolute atomic E-state index is 0.0522. The zero-order valence-electron chi connectivity index (χ0n) is 27.9. The molecule has 5 atom stereocenters. The maximum absolute atomic E-state index is 14.2. The molecule has 2 aromatic rings. The molecule has 1 saturated heterocycles. The molecule has 5 rings (SSSR count). The van der Waals surface area contributed by atoms with Gasteiger partial charge in [0.15, 0.2) is 0 Å². The Kier molecular flexibility index (Phi) is 10.2. The number of carbonyl (C=O) groups is 4. The van der Waals surface area contributed by atoms with E-state index in [-0.39, 0.29) is 38.0 Å². The van der Waals surface area contributed by atoms with Gasteiger partial charge in [0.1, 0.15) is 23.7 Å². The first-order valence-corrected chi connectivity index (χ1v) is 16.5. The maximum Gasteiger partial charge on any atom is 0.407 e. The molecule has 4 bridgehead atoms. The van der Waals surface area contributed by atoms with Gasteiger partial charge in [-0.1, -0.05) is 26.0 Å². The molecule has 1 aromatic carbocycles. The van der Waals surface area contributed by atoms with Crippen LogP contribution >= 0.6 is 0 Å². The van der Waals surface area contributed by atoms with Crippen LogP contribution in [0.25, 0.3) is 10.9 Å². The largest absolute Gasteiger partial charge is 0.472 e. The summed E-state index contributed by atoms with van der Waals surface area (Å²) in [6.07, 6.45) is 4.03. The number of esters is 1. The molecule has 13 nitrogen and oxygen atoms in total. The number of fused-ring (bicyclic) bond motifs is 3. The van der Waals surface area contributed by atoms with Crippen LogP contribution in [0.4, 0.5) is 10.7 Å². The number of nitrogens with zero attached hydrogens (tertiary/aromatic N) is 4. The van der Waals surface area contributed by atoms with Crippen molar-refractivity contribution in [2.75, 3.05) is 38.8 Å². The molecular formula is C34H46N6O7. The van der Waals surface area contributed by atoms with E-state index < -0.39 is 47.6 Å². The summed E-state index contributed by atoms with van der Waals surface area (Å²) < 4.78 is 17.3. The second kappa shape index (κ2) is 14.1. The monoisotopic (exact) mass is 650 g/mol. The molecule has 2 N–H and O–H groups in total. The van der Waals surface area contributed by atoms with Crippen LogP contribution in [-0.2, 0) is 30.3 Å². The van der Waals surface area contributed by atoms with Crippen LogP contribution in [0.1, 0.15) is 58.4 Å². The van der Waals surface area contributed by atoms with Gasteiger partial charge in [-0.2, -0.15) is 4.98 Å². The van der Waals surface area contributed by atoms with Gasteiger partial charge < -0.3 is 34.6 Å². The molecule has 1 unspecified atom stereocenters. The molecule has 1 aromatic heterocycles. The van der Waals surface area contributed by atoms with Crippen LogP contribution < -0.4 is 20.3 Å². The lowest BCUT2D eigenvalue weighted by molar-refractivity contribution is -0.150. The molecule has 3 amide bonds. The molecule has 47 heavy (non-hydrogen) atoms.